The maximum absolute atomic E-state index is 13.6. The van der Waals surface area contributed by atoms with Crippen LogP contribution >= 0.6 is 0 Å². The first-order valence-electron chi connectivity index (χ1n) is 8.25. The van der Waals surface area contributed by atoms with Crippen LogP contribution in [0.5, 0.6) is 11.5 Å². The first-order chi connectivity index (χ1) is 12.5. The molecule has 0 aromatic heterocycles. The van der Waals surface area contributed by atoms with Gasteiger partial charge in [-0.1, -0.05) is 18.6 Å². The van der Waals surface area contributed by atoms with Gasteiger partial charge in [0.25, 0.3) is 0 Å². The molecule has 1 saturated carbocycles. The van der Waals surface area contributed by atoms with Gasteiger partial charge in [0.05, 0.1) is 25.2 Å². The van der Waals surface area contributed by atoms with Crippen LogP contribution in [0.25, 0.3) is 0 Å². The summed E-state index contributed by atoms with van der Waals surface area (Å²) in [5, 5.41) is 0. The molecule has 1 aliphatic carbocycles. The van der Waals surface area contributed by atoms with Crippen LogP contribution in [0, 0.1) is 5.82 Å². The third kappa shape index (κ3) is 3.14. The summed E-state index contributed by atoms with van der Waals surface area (Å²) in [6, 6.07) is 10.5. The number of methoxy groups -OCH3 is 2. The largest absolute Gasteiger partial charge is 0.493 e. The Bertz CT molecular complexity index is 842. The summed E-state index contributed by atoms with van der Waals surface area (Å²) < 4.78 is 29.1. The van der Waals surface area contributed by atoms with Gasteiger partial charge in [-0.25, -0.2) is 9.18 Å². The average molecular weight is 358 g/mol. The number of hydrogen-bond donors (Lipinski definition) is 0. The Labute approximate surface area is 150 Å². The molecule has 3 rings (SSSR count). The summed E-state index contributed by atoms with van der Waals surface area (Å²) in [5.41, 5.74) is 0.0419. The number of carbonyl (C=O) groups is 2. The quantitative estimate of drug-likeness (QED) is 0.603. The van der Waals surface area contributed by atoms with E-state index in [-0.39, 0.29) is 22.9 Å². The van der Waals surface area contributed by atoms with Crippen LogP contribution in [0.15, 0.2) is 42.5 Å². The van der Waals surface area contributed by atoms with E-state index in [1.54, 1.807) is 12.1 Å². The molecule has 0 aliphatic heterocycles. The van der Waals surface area contributed by atoms with Gasteiger partial charge in [-0.05, 0) is 48.7 Å². The van der Waals surface area contributed by atoms with Gasteiger partial charge >= 0.3 is 11.9 Å². The Morgan fingerprint density at radius 1 is 1.04 bits per heavy atom. The molecule has 0 saturated heterocycles. The van der Waals surface area contributed by atoms with E-state index in [0.29, 0.717) is 18.4 Å². The fraction of sp³-hybridized carbons (Fsp3) is 0.300. The molecule has 0 atom stereocenters. The van der Waals surface area contributed by atoms with Crippen molar-refractivity contribution in [1.29, 1.82) is 0 Å². The molecule has 6 heteroatoms. The van der Waals surface area contributed by atoms with Crippen LogP contribution in [0.1, 0.15) is 35.2 Å². The lowest BCUT2D eigenvalue weighted by molar-refractivity contribution is -0.144. The Morgan fingerprint density at radius 2 is 1.81 bits per heavy atom. The van der Waals surface area contributed by atoms with E-state index in [4.69, 9.17) is 9.47 Å². The third-order valence-electron chi connectivity index (χ3n) is 4.76. The summed E-state index contributed by atoms with van der Waals surface area (Å²) in [7, 11) is 2.70. The van der Waals surface area contributed by atoms with Gasteiger partial charge in [0.2, 0.25) is 0 Å². The molecule has 0 bridgehead atoms. The molecule has 2 aromatic carbocycles. The Hall–Kier alpha value is -2.89. The maximum Gasteiger partial charge on any atom is 0.337 e. The minimum atomic E-state index is -0.853. The van der Waals surface area contributed by atoms with Gasteiger partial charge in [-0.2, -0.15) is 0 Å². The van der Waals surface area contributed by atoms with Crippen LogP contribution < -0.4 is 9.47 Å². The highest BCUT2D eigenvalue weighted by Gasteiger charge is 2.47. The molecule has 1 fully saturated rings. The Morgan fingerprint density at radius 3 is 2.38 bits per heavy atom. The number of rotatable bonds is 5. The zero-order valence-corrected chi connectivity index (χ0v) is 14.6. The standard InChI is InChI=1S/C20H19FO5/c1-24-17-11-13(18(22)25-2)7-8-16(17)26-19(23)20(9-4-10-20)14-5-3-6-15(21)12-14/h3,5-8,11-12H,4,9-10H2,1-2H3. The third-order valence-corrected chi connectivity index (χ3v) is 4.76. The first kappa shape index (κ1) is 17.9. The van der Waals surface area contributed by atoms with E-state index in [1.807, 2.05) is 0 Å². The number of esters is 2. The van der Waals surface area contributed by atoms with E-state index in [0.717, 1.165) is 6.42 Å². The van der Waals surface area contributed by atoms with Gasteiger partial charge in [0.1, 0.15) is 5.82 Å². The fourth-order valence-corrected chi connectivity index (χ4v) is 3.12. The van der Waals surface area contributed by atoms with Crippen molar-refractivity contribution in [3.63, 3.8) is 0 Å². The van der Waals surface area contributed by atoms with Gasteiger partial charge in [0, 0.05) is 0 Å². The zero-order valence-electron chi connectivity index (χ0n) is 14.6. The molecule has 26 heavy (non-hydrogen) atoms. The van der Waals surface area contributed by atoms with Crippen molar-refractivity contribution in [2.45, 2.75) is 24.7 Å². The second-order valence-corrected chi connectivity index (χ2v) is 6.19. The first-order valence-corrected chi connectivity index (χ1v) is 8.25. The normalized spacial score (nSPS) is 14.9. The molecule has 5 nitrogen and oxygen atoms in total. The van der Waals surface area contributed by atoms with Crippen LogP contribution in [-0.4, -0.2) is 26.2 Å². The fourth-order valence-electron chi connectivity index (χ4n) is 3.12. The van der Waals surface area contributed by atoms with E-state index < -0.39 is 17.4 Å². The molecular weight excluding hydrogens is 339 g/mol. The topological polar surface area (TPSA) is 61.8 Å². The second-order valence-electron chi connectivity index (χ2n) is 6.19. The zero-order chi connectivity index (χ0) is 18.7. The molecule has 0 radical (unpaired) electrons. The molecule has 136 valence electrons. The highest BCUT2D eigenvalue weighted by atomic mass is 19.1. The van der Waals surface area contributed by atoms with Crippen molar-refractivity contribution in [3.05, 3.63) is 59.4 Å². The molecule has 0 amide bonds. The monoisotopic (exact) mass is 358 g/mol. The Kier molecular flexibility index (Phi) is 4.93. The number of halogens is 1. The van der Waals surface area contributed by atoms with E-state index in [1.165, 1.54) is 44.6 Å². The molecule has 0 N–H and O–H groups in total. The van der Waals surface area contributed by atoms with Gasteiger partial charge in [0.15, 0.2) is 11.5 Å². The number of benzene rings is 2. The van der Waals surface area contributed by atoms with Crippen LogP contribution in [0.3, 0.4) is 0 Å². The van der Waals surface area contributed by atoms with Crippen molar-refractivity contribution in [2.24, 2.45) is 0 Å². The maximum atomic E-state index is 13.6. The summed E-state index contributed by atoms with van der Waals surface area (Å²) >= 11 is 0. The lowest BCUT2D eigenvalue weighted by Crippen LogP contribution is -2.45. The minimum Gasteiger partial charge on any atom is -0.493 e. The van der Waals surface area contributed by atoms with Crippen molar-refractivity contribution >= 4 is 11.9 Å². The predicted octanol–water partition coefficient (Wildman–Crippen LogP) is 3.65. The smallest absolute Gasteiger partial charge is 0.337 e. The van der Waals surface area contributed by atoms with E-state index in [9.17, 15) is 14.0 Å². The van der Waals surface area contributed by atoms with Gasteiger partial charge in [-0.3, -0.25) is 4.79 Å². The van der Waals surface area contributed by atoms with Crippen molar-refractivity contribution in [2.75, 3.05) is 14.2 Å². The molecular formula is C20H19FO5. The van der Waals surface area contributed by atoms with Crippen LogP contribution in [0.4, 0.5) is 4.39 Å². The molecule has 2 aromatic rings. The summed E-state index contributed by atoms with van der Waals surface area (Å²) in [6.45, 7) is 0. The molecule has 1 aliphatic rings. The second kappa shape index (κ2) is 7.15. The van der Waals surface area contributed by atoms with E-state index >= 15 is 0 Å². The lowest BCUT2D eigenvalue weighted by Gasteiger charge is -2.39. The summed E-state index contributed by atoms with van der Waals surface area (Å²) in [5.74, 6) is -0.917. The van der Waals surface area contributed by atoms with Crippen molar-refractivity contribution in [1.82, 2.24) is 0 Å². The number of carbonyl (C=O) groups excluding carboxylic acids is 2. The molecule has 0 unspecified atom stereocenters. The van der Waals surface area contributed by atoms with Crippen LogP contribution in [0.2, 0.25) is 0 Å². The summed E-state index contributed by atoms with van der Waals surface area (Å²) in [4.78, 5) is 24.5. The number of ether oxygens (including phenoxy) is 3. The predicted molar refractivity (Wildman–Crippen MR) is 91.9 cm³/mol. The average Bonchev–Trinajstić information content (AvgIpc) is 2.60. The minimum absolute atomic E-state index is 0.202. The number of hydrogen-bond acceptors (Lipinski definition) is 5. The van der Waals surface area contributed by atoms with Crippen molar-refractivity contribution < 1.29 is 28.2 Å². The SMILES string of the molecule is COC(=O)c1ccc(OC(=O)C2(c3cccc(F)c3)CCC2)c(OC)c1. The van der Waals surface area contributed by atoms with E-state index in [2.05, 4.69) is 4.74 Å². The lowest BCUT2D eigenvalue weighted by atomic mass is 9.64. The Balaban J connectivity index is 1.88. The van der Waals surface area contributed by atoms with Crippen LogP contribution in [-0.2, 0) is 14.9 Å². The van der Waals surface area contributed by atoms with Gasteiger partial charge in [-0.15, -0.1) is 0 Å². The highest BCUT2D eigenvalue weighted by Crippen LogP contribution is 2.45. The van der Waals surface area contributed by atoms with Gasteiger partial charge < -0.3 is 14.2 Å². The molecule has 0 heterocycles. The molecule has 0 spiro atoms. The summed E-state index contributed by atoms with van der Waals surface area (Å²) in [6.07, 6.45) is 2.06. The van der Waals surface area contributed by atoms with Crippen molar-refractivity contribution in [3.8, 4) is 11.5 Å². The highest BCUT2D eigenvalue weighted by molar-refractivity contribution is 5.91.